The number of aliphatic imine (C=N–C) groups is 1. The van der Waals surface area contributed by atoms with Gasteiger partial charge in [-0.1, -0.05) is 18.7 Å². The number of amidine groups is 1. The molecule has 0 aromatic carbocycles. The van der Waals surface area contributed by atoms with E-state index in [1.165, 1.54) is 0 Å². The monoisotopic (exact) mass is 214 g/mol. The molecule has 4 heteroatoms. The average molecular weight is 214 g/mol. The molecule has 3 unspecified atom stereocenters. The largest absolute Gasteiger partial charge is 0.376 e. The highest BCUT2D eigenvalue weighted by Crippen LogP contribution is 2.28. The Morgan fingerprint density at radius 1 is 1.57 bits per heavy atom. The smallest absolute Gasteiger partial charge is 0.157 e. The van der Waals surface area contributed by atoms with Crippen LogP contribution in [0.5, 0.6) is 0 Å². The van der Waals surface area contributed by atoms with Crippen LogP contribution in [-0.2, 0) is 4.74 Å². The molecule has 0 spiro atoms. The van der Waals surface area contributed by atoms with Gasteiger partial charge < -0.3 is 10.1 Å². The van der Waals surface area contributed by atoms with E-state index in [2.05, 4.69) is 31.1 Å². The molecule has 2 heterocycles. The van der Waals surface area contributed by atoms with Gasteiger partial charge in [0.05, 0.1) is 18.2 Å². The maximum Gasteiger partial charge on any atom is 0.157 e. The standard InChI is InChI=1S/C10H18N2OS/c1-7-6-11-9(14-7)12-10(3)4-5-13-8(10)2/h7-8H,4-6H2,1-3H3,(H,11,12). The van der Waals surface area contributed by atoms with Gasteiger partial charge in [-0.15, -0.1) is 0 Å². The van der Waals surface area contributed by atoms with Crippen LogP contribution in [0, 0.1) is 0 Å². The molecule has 2 rings (SSSR count). The van der Waals surface area contributed by atoms with Crippen LogP contribution in [-0.4, -0.2) is 35.2 Å². The normalized spacial score (nSPS) is 42.6. The molecule has 0 radical (unpaired) electrons. The van der Waals surface area contributed by atoms with Crippen LogP contribution in [0.15, 0.2) is 4.99 Å². The fourth-order valence-electron chi connectivity index (χ4n) is 1.79. The van der Waals surface area contributed by atoms with Gasteiger partial charge in [0.2, 0.25) is 0 Å². The lowest BCUT2D eigenvalue weighted by Crippen LogP contribution is -2.49. The summed E-state index contributed by atoms with van der Waals surface area (Å²) in [6, 6.07) is 0. The van der Waals surface area contributed by atoms with Crippen molar-refractivity contribution in [2.75, 3.05) is 13.2 Å². The minimum absolute atomic E-state index is 0.0793. The first-order valence-corrected chi connectivity index (χ1v) is 6.09. The van der Waals surface area contributed by atoms with Gasteiger partial charge in [-0.2, -0.15) is 0 Å². The van der Waals surface area contributed by atoms with Crippen molar-refractivity contribution >= 4 is 16.9 Å². The molecule has 3 nitrogen and oxygen atoms in total. The highest BCUT2D eigenvalue weighted by atomic mass is 32.2. The van der Waals surface area contributed by atoms with Gasteiger partial charge in [-0.25, -0.2) is 0 Å². The van der Waals surface area contributed by atoms with Crippen molar-refractivity contribution in [1.29, 1.82) is 0 Å². The highest BCUT2D eigenvalue weighted by molar-refractivity contribution is 8.14. The predicted octanol–water partition coefficient (Wildman–Crippen LogP) is 1.63. The van der Waals surface area contributed by atoms with Gasteiger partial charge >= 0.3 is 0 Å². The van der Waals surface area contributed by atoms with Gasteiger partial charge in [-0.05, 0) is 20.3 Å². The average Bonchev–Trinajstić information content (AvgIpc) is 2.62. The topological polar surface area (TPSA) is 33.6 Å². The van der Waals surface area contributed by atoms with Crippen LogP contribution < -0.4 is 5.32 Å². The Bertz CT molecular complexity index is 257. The van der Waals surface area contributed by atoms with Crippen molar-refractivity contribution in [1.82, 2.24) is 5.32 Å². The summed E-state index contributed by atoms with van der Waals surface area (Å²) >= 11 is 1.84. The Hall–Kier alpha value is -0.220. The molecular formula is C10H18N2OS. The Morgan fingerprint density at radius 2 is 2.36 bits per heavy atom. The molecule has 0 saturated carbocycles. The molecule has 14 heavy (non-hydrogen) atoms. The van der Waals surface area contributed by atoms with E-state index < -0.39 is 0 Å². The van der Waals surface area contributed by atoms with Crippen LogP contribution >= 0.6 is 11.8 Å². The summed E-state index contributed by atoms with van der Waals surface area (Å²) in [4.78, 5) is 4.47. The summed E-state index contributed by atoms with van der Waals surface area (Å²) < 4.78 is 5.58. The van der Waals surface area contributed by atoms with Crippen molar-refractivity contribution in [3.8, 4) is 0 Å². The summed E-state index contributed by atoms with van der Waals surface area (Å²) in [7, 11) is 0. The van der Waals surface area contributed by atoms with Gasteiger partial charge in [0, 0.05) is 11.9 Å². The lowest BCUT2D eigenvalue weighted by molar-refractivity contribution is 0.0951. The Morgan fingerprint density at radius 3 is 2.86 bits per heavy atom. The first-order chi connectivity index (χ1) is 6.60. The zero-order valence-electron chi connectivity index (χ0n) is 9.04. The van der Waals surface area contributed by atoms with Gasteiger partial charge in [0.25, 0.3) is 0 Å². The fourth-order valence-corrected chi connectivity index (χ4v) is 2.76. The molecule has 1 N–H and O–H groups in total. The predicted molar refractivity (Wildman–Crippen MR) is 60.9 cm³/mol. The zero-order chi connectivity index (χ0) is 10.2. The van der Waals surface area contributed by atoms with Gasteiger partial charge in [0.1, 0.15) is 0 Å². The van der Waals surface area contributed by atoms with Crippen molar-refractivity contribution in [2.45, 2.75) is 44.1 Å². The number of nitrogens with zero attached hydrogens (tertiary/aromatic N) is 1. The number of ether oxygens (including phenoxy) is 1. The lowest BCUT2D eigenvalue weighted by Gasteiger charge is -2.29. The number of hydrogen-bond donors (Lipinski definition) is 1. The molecule has 1 saturated heterocycles. The highest BCUT2D eigenvalue weighted by Gasteiger charge is 2.38. The molecule has 2 aliphatic heterocycles. The van der Waals surface area contributed by atoms with E-state index in [1.807, 2.05) is 11.8 Å². The molecule has 2 aliphatic rings. The zero-order valence-corrected chi connectivity index (χ0v) is 9.86. The van der Waals surface area contributed by atoms with Crippen molar-refractivity contribution in [2.24, 2.45) is 4.99 Å². The van der Waals surface area contributed by atoms with E-state index in [9.17, 15) is 0 Å². The quantitative estimate of drug-likeness (QED) is 0.720. The first kappa shape index (κ1) is 10.3. The Kier molecular flexibility index (Phi) is 2.75. The summed E-state index contributed by atoms with van der Waals surface area (Å²) in [5.74, 6) is 0. The third kappa shape index (κ3) is 1.91. The van der Waals surface area contributed by atoms with Crippen molar-refractivity contribution < 1.29 is 4.74 Å². The molecule has 0 amide bonds. The van der Waals surface area contributed by atoms with E-state index in [4.69, 9.17) is 4.74 Å². The summed E-state index contributed by atoms with van der Waals surface area (Å²) in [5, 5.41) is 5.24. The molecule has 0 aromatic rings. The lowest BCUT2D eigenvalue weighted by atomic mass is 9.95. The molecular weight excluding hydrogens is 196 g/mol. The Balaban J connectivity index is 1.96. The second-order valence-corrected chi connectivity index (χ2v) is 5.81. The second-order valence-electron chi connectivity index (χ2n) is 4.38. The SMILES string of the molecule is CC1CN=C(NC2(C)CCOC2C)S1. The van der Waals surface area contributed by atoms with E-state index in [-0.39, 0.29) is 11.6 Å². The van der Waals surface area contributed by atoms with Crippen molar-refractivity contribution in [3.63, 3.8) is 0 Å². The van der Waals surface area contributed by atoms with E-state index in [0.29, 0.717) is 5.25 Å². The second kappa shape index (κ2) is 3.74. The van der Waals surface area contributed by atoms with Crippen LogP contribution in [0.2, 0.25) is 0 Å². The summed E-state index contributed by atoms with van der Waals surface area (Å²) in [6.07, 6.45) is 1.35. The van der Waals surface area contributed by atoms with Crippen molar-refractivity contribution in [3.05, 3.63) is 0 Å². The number of nitrogens with one attached hydrogen (secondary N) is 1. The van der Waals surface area contributed by atoms with E-state index in [1.54, 1.807) is 0 Å². The van der Waals surface area contributed by atoms with Gasteiger partial charge in [-0.3, -0.25) is 4.99 Å². The van der Waals surface area contributed by atoms with E-state index in [0.717, 1.165) is 24.7 Å². The summed E-state index contributed by atoms with van der Waals surface area (Å²) in [5.41, 5.74) is 0.0793. The molecule has 0 aliphatic carbocycles. The molecule has 3 atom stereocenters. The van der Waals surface area contributed by atoms with E-state index >= 15 is 0 Å². The number of hydrogen-bond acceptors (Lipinski definition) is 4. The van der Waals surface area contributed by atoms with Crippen LogP contribution in [0.25, 0.3) is 0 Å². The van der Waals surface area contributed by atoms with Crippen LogP contribution in [0.3, 0.4) is 0 Å². The summed E-state index contributed by atoms with van der Waals surface area (Å²) in [6.45, 7) is 8.36. The maximum absolute atomic E-state index is 5.58. The molecule has 80 valence electrons. The van der Waals surface area contributed by atoms with Crippen LogP contribution in [0.1, 0.15) is 27.2 Å². The van der Waals surface area contributed by atoms with Crippen LogP contribution in [0.4, 0.5) is 0 Å². The molecule has 1 fully saturated rings. The molecule has 0 bridgehead atoms. The number of thioether (sulfide) groups is 1. The first-order valence-electron chi connectivity index (χ1n) is 5.21. The minimum atomic E-state index is 0.0793. The third-order valence-corrected chi connectivity index (χ3v) is 4.09. The van der Waals surface area contributed by atoms with Gasteiger partial charge in [0.15, 0.2) is 5.17 Å². The molecule has 0 aromatic heterocycles. The Labute approximate surface area is 89.7 Å². The third-order valence-electron chi connectivity index (χ3n) is 3.08. The minimum Gasteiger partial charge on any atom is -0.376 e. The number of rotatable bonds is 1. The maximum atomic E-state index is 5.58. The fraction of sp³-hybridized carbons (Fsp3) is 0.900.